The van der Waals surface area contributed by atoms with Gasteiger partial charge < -0.3 is 9.64 Å². The van der Waals surface area contributed by atoms with Crippen molar-refractivity contribution in [2.75, 3.05) is 19.7 Å². The predicted molar refractivity (Wildman–Crippen MR) is 76.0 cm³/mol. The van der Waals surface area contributed by atoms with E-state index in [2.05, 4.69) is 0 Å². The molecule has 3 heterocycles. The van der Waals surface area contributed by atoms with E-state index < -0.39 is 0 Å². The molecule has 3 nitrogen and oxygen atoms in total. The molecule has 2 aromatic heterocycles. The van der Waals surface area contributed by atoms with Crippen molar-refractivity contribution in [3.05, 3.63) is 21.3 Å². The molecule has 0 saturated carbocycles. The maximum absolute atomic E-state index is 12.4. The molecule has 0 spiro atoms. The van der Waals surface area contributed by atoms with Crippen LogP contribution in [-0.2, 0) is 4.74 Å². The van der Waals surface area contributed by atoms with Gasteiger partial charge in [-0.15, -0.1) is 22.7 Å². The summed E-state index contributed by atoms with van der Waals surface area (Å²) in [6.07, 6.45) is 0.0996. The van der Waals surface area contributed by atoms with Gasteiger partial charge in [-0.2, -0.15) is 0 Å². The van der Waals surface area contributed by atoms with Crippen molar-refractivity contribution in [3.8, 4) is 0 Å². The summed E-state index contributed by atoms with van der Waals surface area (Å²) in [6, 6.07) is 1.97. The van der Waals surface area contributed by atoms with E-state index in [0.29, 0.717) is 29.6 Å². The number of carbonyl (C=O) groups excluding carboxylic acids is 1. The maximum Gasteiger partial charge on any atom is 0.265 e. The SMILES string of the molecule is CC1CN(C(=O)c2sc3sccc3c2Cl)CCO1. The number of thiophene rings is 2. The Balaban J connectivity index is 1.91. The molecular formula is C12H12ClNO2S2. The minimum absolute atomic E-state index is 0.0311. The van der Waals surface area contributed by atoms with Crippen LogP contribution in [0.25, 0.3) is 9.40 Å². The average molecular weight is 302 g/mol. The molecule has 0 radical (unpaired) electrons. The first kappa shape index (κ1) is 12.4. The molecule has 3 rings (SSSR count). The van der Waals surface area contributed by atoms with Crippen molar-refractivity contribution in [3.63, 3.8) is 0 Å². The monoisotopic (exact) mass is 301 g/mol. The molecule has 1 aliphatic rings. The Kier molecular flexibility index (Phi) is 3.32. The van der Waals surface area contributed by atoms with Crippen molar-refractivity contribution < 1.29 is 9.53 Å². The molecule has 18 heavy (non-hydrogen) atoms. The fourth-order valence-corrected chi connectivity index (χ4v) is 4.66. The summed E-state index contributed by atoms with van der Waals surface area (Å²) in [5.41, 5.74) is 0. The second-order valence-electron chi connectivity index (χ2n) is 4.30. The van der Waals surface area contributed by atoms with Crippen molar-refractivity contribution in [1.82, 2.24) is 4.90 Å². The third-order valence-corrected chi connectivity index (χ3v) is 5.72. The Bertz CT molecular complexity index is 592. The predicted octanol–water partition coefficient (Wildman–Crippen LogP) is 3.48. The van der Waals surface area contributed by atoms with E-state index in [0.717, 1.165) is 9.40 Å². The van der Waals surface area contributed by atoms with Crippen LogP contribution in [0.5, 0.6) is 0 Å². The number of halogens is 1. The van der Waals surface area contributed by atoms with E-state index in [1.807, 2.05) is 23.3 Å². The molecule has 0 N–H and O–H groups in total. The van der Waals surface area contributed by atoms with E-state index in [9.17, 15) is 4.79 Å². The van der Waals surface area contributed by atoms with Crippen LogP contribution in [-0.4, -0.2) is 36.6 Å². The number of carbonyl (C=O) groups is 1. The molecule has 1 fully saturated rings. The van der Waals surface area contributed by atoms with Crippen molar-refractivity contribution in [2.45, 2.75) is 13.0 Å². The van der Waals surface area contributed by atoms with Crippen molar-refractivity contribution in [1.29, 1.82) is 0 Å². The number of fused-ring (bicyclic) bond motifs is 1. The first-order valence-electron chi connectivity index (χ1n) is 5.73. The van der Waals surface area contributed by atoms with Crippen LogP contribution in [0.3, 0.4) is 0 Å². The third kappa shape index (κ3) is 2.05. The summed E-state index contributed by atoms with van der Waals surface area (Å²) in [5, 5.41) is 3.59. The Hall–Kier alpha value is -0.620. The van der Waals surface area contributed by atoms with Crippen LogP contribution >= 0.6 is 34.3 Å². The number of hydrogen-bond donors (Lipinski definition) is 0. The quantitative estimate of drug-likeness (QED) is 0.807. The molecule has 0 bridgehead atoms. The fraction of sp³-hybridized carbons (Fsp3) is 0.417. The molecule has 1 amide bonds. The lowest BCUT2D eigenvalue weighted by molar-refractivity contribution is -0.0122. The summed E-state index contributed by atoms with van der Waals surface area (Å²) in [6.45, 7) is 3.87. The molecule has 6 heteroatoms. The summed E-state index contributed by atoms with van der Waals surface area (Å²) in [7, 11) is 0. The van der Waals surface area contributed by atoms with E-state index in [1.165, 1.54) is 11.3 Å². The highest BCUT2D eigenvalue weighted by molar-refractivity contribution is 7.38. The highest BCUT2D eigenvalue weighted by Crippen LogP contribution is 2.39. The second-order valence-corrected chi connectivity index (χ2v) is 6.87. The van der Waals surface area contributed by atoms with Gasteiger partial charge in [0.2, 0.25) is 0 Å². The summed E-state index contributed by atoms with van der Waals surface area (Å²) >= 11 is 9.40. The number of ether oxygens (including phenoxy) is 1. The molecule has 1 aliphatic heterocycles. The van der Waals surface area contributed by atoms with Crippen LogP contribution in [0.2, 0.25) is 5.02 Å². The lowest BCUT2D eigenvalue weighted by atomic mass is 10.2. The van der Waals surface area contributed by atoms with Crippen LogP contribution in [0, 0.1) is 0 Å². The average Bonchev–Trinajstić information content (AvgIpc) is 2.92. The van der Waals surface area contributed by atoms with Crippen LogP contribution in [0.1, 0.15) is 16.6 Å². The Morgan fingerprint density at radius 3 is 3.17 bits per heavy atom. The minimum atomic E-state index is 0.0311. The molecular weight excluding hydrogens is 290 g/mol. The first-order chi connectivity index (χ1) is 8.66. The lowest BCUT2D eigenvalue weighted by Gasteiger charge is -2.30. The van der Waals surface area contributed by atoms with Gasteiger partial charge in [0.05, 0.1) is 21.7 Å². The summed E-state index contributed by atoms with van der Waals surface area (Å²) in [5.74, 6) is 0.0311. The minimum Gasteiger partial charge on any atom is -0.375 e. The van der Waals surface area contributed by atoms with Gasteiger partial charge in [0.15, 0.2) is 0 Å². The first-order valence-corrected chi connectivity index (χ1v) is 7.80. The van der Waals surface area contributed by atoms with Crippen molar-refractivity contribution in [2.24, 2.45) is 0 Å². The zero-order valence-corrected chi connectivity index (χ0v) is 12.2. The lowest BCUT2D eigenvalue weighted by Crippen LogP contribution is -2.44. The van der Waals surface area contributed by atoms with Gasteiger partial charge in [0.1, 0.15) is 4.88 Å². The zero-order chi connectivity index (χ0) is 12.7. The number of amides is 1. The molecule has 1 saturated heterocycles. The van der Waals surface area contributed by atoms with Gasteiger partial charge in [-0.25, -0.2) is 0 Å². The zero-order valence-electron chi connectivity index (χ0n) is 9.81. The normalized spacial score (nSPS) is 20.6. The summed E-state index contributed by atoms with van der Waals surface area (Å²) in [4.78, 5) is 14.9. The number of hydrogen-bond acceptors (Lipinski definition) is 4. The van der Waals surface area contributed by atoms with Gasteiger partial charge in [0.25, 0.3) is 5.91 Å². The third-order valence-electron chi connectivity index (χ3n) is 2.98. The Labute approximate surface area is 118 Å². The van der Waals surface area contributed by atoms with Gasteiger partial charge >= 0.3 is 0 Å². The van der Waals surface area contributed by atoms with Gasteiger partial charge in [-0.1, -0.05) is 11.6 Å². The topological polar surface area (TPSA) is 29.5 Å². The molecule has 1 atom stereocenters. The second kappa shape index (κ2) is 4.81. The Morgan fingerprint density at radius 1 is 1.61 bits per heavy atom. The fourth-order valence-electron chi connectivity index (χ4n) is 2.08. The standard InChI is InChI=1S/C12H12ClNO2S2/c1-7-6-14(3-4-16-7)11(15)10-9(13)8-2-5-17-12(8)18-10/h2,5,7H,3-4,6H2,1H3. The summed E-state index contributed by atoms with van der Waals surface area (Å²) < 4.78 is 6.56. The number of nitrogens with zero attached hydrogens (tertiary/aromatic N) is 1. The van der Waals surface area contributed by atoms with E-state index in [1.54, 1.807) is 11.3 Å². The molecule has 96 valence electrons. The smallest absolute Gasteiger partial charge is 0.265 e. The number of rotatable bonds is 1. The van der Waals surface area contributed by atoms with E-state index in [4.69, 9.17) is 16.3 Å². The molecule has 0 aromatic carbocycles. The van der Waals surface area contributed by atoms with Gasteiger partial charge in [0, 0.05) is 18.5 Å². The van der Waals surface area contributed by atoms with Gasteiger partial charge in [-0.05, 0) is 18.4 Å². The van der Waals surface area contributed by atoms with E-state index in [-0.39, 0.29) is 12.0 Å². The van der Waals surface area contributed by atoms with Crippen LogP contribution in [0.15, 0.2) is 11.4 Å². The number of morpholine rings is 1. The van der Waals surface area contributed by atoms with Crippen LogP contribution in [0.4, 0.5) is 0 Å². The molecule has 0 aliphatic carbocycles. The Morgan fingerprint density at radius 2 is 2.44 bits per heavy atom. The molecule has 1 unspecified atom stereocenters. The largest absolute Gasteiger partial charge is 0.375 e. The van der Waals surface area contributed by atoms with Crippen molar-refractivity contribution >= 4 is 49.6 Å². The van der Waals surface area contributed by atoms with E-state index >= 15 is 0 Å². The molecule has 2 aromatic rings. The maximum atomic E-state index is 12.4. The highest BCUT2D eigenvalue weighted by atomic mass is 35.5. The van der Waals surface area contributed by atoms with Crippen LogP contribution < -0.4 is 0 Å². The van der Waals surface area contributed by atoms with Gasteiger partial charge in [-0.3, -0.25) is 4.79 Å². The highest BCUT2D eigenvalue weighted by Gasteiger charge is 2.26.